The summed E-state index contributed by atoms with van der Waals surface area (Å²) >= 11 is 0. The third kappa shape index (κ3) is 3.65. The smallest absolute Gasteiger partial charge is 0.319 e. The number of fused-ring (bicyclic) bond motifs is 1. The number of anilines is 1. The van der Waals surface area contributed by atoms with Gasteiger partial charge in [-0.1, -0.05) is 6.07 Å². The third-order valence-corrected chi connectivity index (χ3v) is 4.96. The van der Waals surface area contributed by atoms with Gasteiger partial charge in [0, 0.05) is 43.5 Å². The van der Waals surface area contributed by atoms with Crippen molar-refractivity contribution < 1.29 is 9.59 Å². The molecule has 0 aromatic heterocycles. The molecule has 24 heavy (non-hydrogen) atoms. The lowest BCUT2D eigenvalue weighted by Gasteiger charge is -2.18. The molecule has 3 aliphatic rings. The highest BCUT2D eigenvalue weighted by atomic mass is 35.5. The molecule has 2 aliphatic heterocycles. The van der Waals surface area contributed by atoms with Gasteiger partial charge in [0.25, 0.3) is 5.91 Å². The van der Waals surface area contributed by atoms with Crippen molar-refractivity contribution in [2.75, 3.05) is 31.5 Å². The van der Waals surface area contributed by atoms with Gasteiger partial charge in [0.1, 0.15) is 0 Å². The van der Waals surface area contributed by atoms with E-state index in [1.54, 1.807) is 6.07 Å². The maximum atomic E-state index is 12.7. The lowest BCUT2D eigenvalue weighted by atomic mass is 10.0. The van der Waals surface area contributed by atoms with Crippen molar-refractivity contribution in [3.63, 3.8) is 0 Å². The van der Waals surface area contributed by atoms with Crippen molar-refractivity contribution in [3.8, 4) is 0 Å². The number of nitrogens with one attached hydrogen (secondary N) is 3. The molecular weight excluding hydrogens is 328 g/mol. The van der Waals surface area contributed by atoms with Gasteiger partial charge in [-0.05, 0) is 42.9 Å². The van der Waals surface area contributed by atoms with Crippen LogP contribution < -0.4 is 16.0 Å². The van der Waals surface area contributed by atoms with Gasteiger partial charge in [-0.2, -0.15) is 0 Å². The number of carbonyl (C=O) groups is 2. The number of hydrogen-bond acceptors (Lipinski definition) is 3. The van der Waals surface area contributed by atoms with E-state index >= 15 is 0 Å². The lowest BCUT2D eigenvalue weighted by Crippen LogP contribution is -2.32. The van der Waals surface area contributed by atoms with Crippen LogP contribution in [-0.2, 0) is 0 Å². The summed E-state index contributed by atoms with van der Waals surface area (Å²) in [7, 11) is 0. The molecular formula is C17H23ClN4O2. The Morgan fingerprint density at radius 1 is 1.12 bits per heavy atom. The zero-order chi connectivity index (χ0) is 15.8. The van der Waals surface area contributed by atoms with E-state index in [1.807, 2.05) is 23.1 Å². The molecule has 1 aliphatic carbocycles. The van der Waals surface area contributed by atoms with Crippen LogP contribution in [0.25, 0.3) is 0 Å². The second-order valence-corrected chi connectivity index (χ2v) is 6.84. The molecule has 7 heteroatoms. The molecule has 3 fully saturated rings. The van der Waals surface area contributed by atoms with E-state index in [1.165, 1.54) is 0 Å². The summed E-state index contributed by atoms with van der Waals surface area (Å²) < 4.78 is 0. The highest BCUT2D eigenvalue weighted by molar-refractivity contribution is 5.97. The predicted octanol–water partition coefficient (Wildman–Crippen LogP) is 1.68. The number of nitrogens with zero attached hydrogens (tertiary/aromatic N) is 1. The van der Waals surface area contributed by atoms with E-state index in [2.05, 4.69) is 16.0 Å². The third-order valence-electron chi connectivity index (χ3n) is 4.96. The average Bonchev–Trinajstić information content (AvgIpc) is 3.08. The first-order chi connectivity index (χ1) is 11.2. The van der Waals surface area contributed by atoms with E-state index in [-0.39, 0.29) is 24.3 Å². The quantitative estimate of drug-likeness (QED) is 0.776. The molecule has 0 bridgehead atoms. The van der Waals surface area contributed by atoms with Crippen LogP contribution in [0.2, 0.25) is 0 Å². The number of amides is 3. The molecule has 2 heterocycles. The molecule has 0 radical (unpaired) electrons. The molecule has 1 aromatic carbocycles. The van der Waals surface area contributed by atoms with Crippen molar-refractivity contribution >= 4 is 30.0 Å². The standard InChI is InChI=1S/C17H22N4O2.ClH/c22-16(21-9-12-7-18-8-13(12)10-21)11-2-1-3-15(6-11)20-17(23)19-14-4-5-14;/h1-3,6,12-14,18H,4-5,7-10H2,(H2,19,20,23);1H/t12-,13+;. The van der Waals surface area contributed by atoms with E-state index in [4.69, 9.17) is 0 Å². The maximum absolute atomic E-state index is 12.7. The number of rotatable bonds is 3. The Kier molecular flexibility index (Phi) is 4.96. The molecule has 1 saturated carbocycles. The van der Waals surface area contributed by atoms with Crippen LogP contribution in [0.5, 0.6) is 0 Å². The first-order valence-electron chi connectivity index (χ1n) is 8.36. The SMILES string of the molecule is Cl.O=C(Nc1cccc(C(=O)N2C[C@H]3CNC[C@H]3C2)c1)NC1CC1. The van der Waals surface area contributed by atoms with Crippen LogP contribution in [-0.4, -0.2) is 49.1 Å². The van der Waals surface area contributed by atoms with Gasteiger partial charge >= 0.3 is 6.03 Å². The predicted molar refractivity (Wildman–Crippen MR) is 94.6 cm³/mol. The van der Waals surface area contributed by atoms with Gasteiger partial charge in [0.2, 0.25) is 0 Å². The summed E-state index contributed by atoms with van der Waals surface area (Å²) in [5, 5.41) is 9.07. The largest absolute Gasteiger partial charge is 0.338 e. The average molecular weight is 351 g/mol. The maximum Gasteiger partial charge on any atom is 0.319 e. The molecule has 0 unspecified atom stereocenters. The Hall–Kier alpha value is -1.79. The minimum atomic E-state index is -0.195. The molecule has 3 N–H and O–H groups in total. The molecule has 4 rings (SSSR count). The molecule has 0 spiro atoms. The number of likely N-dealkylation sites (tertiary alicyclic amines) is 1. The molecule has 2 atom stereocenters. The van der Waals surface area contributed by atoms with Crippen LogP contribution in [0.1, 0.15) is 23.2 Å². The van der Waals surface area contributed by atoms with Gasteiger partial charge < -0.3 is 20.9 Å². The van der Waals surface area contributed by atoms with E-state index < -0.39 is 0 Å². The minimum absolute atomic E-state index is 0. The van der Waals surface area contributed by atoms with Gasteiger partial charge in [-0.3, -0.25) is 4.79 Å². The molecule has 3 amide bonds. The van der Waals surface area contributed by atoms with Crippen molar-refractivity contribution in [2.45, 2.75) is 18.9 Å². The number of benzene rings is 1. The molecule has 2 saturated heterocycles. The van der Waals surface area contributed by atoms with Crippen LogP contribution >= 0.6 is 12.4 Å². The van der Waals surface area contributed by atoms with Crippen LogP contribution in [0.4, 0.5) is 10.5 Å². The van der Waals surface area contributed by atoms with Crippen LogP contribution in [0.3, 0.4) is 0 Å². The Morgan fingerprint density at radius 3 is 2.50 bits per heavy atom. The summed E-state index contributed by atoms with van der Waals surface area (Å²) in [4.78, 5) is 26.4. The van der Waals surface area contributed by atoms with E-state index in [0.717, 1.165) is 39.0 Å². The summed E-state index contributed by atoms with van der Waals surface area (Å²) in [5.74, 6) is 1.24. The summed E-state index contributed by atoms with van der Waals surface area (Å²) in [5.41, 5.74) is 1.30. The molecule has 6 nitrogen and oxygen atoms in total. The summed E-state index contributed by atoms with van der Waals surface area (Å²) in [6.07, 6.45) is 2.11. The second kappa shape index (κ2) is 6.99. The Bertz CT molecular complexity index is 623. The summed E-state index contributed by atoms with van der Waals surface area (Å²) in [6, 6.07) is 7.33. The second-order valence-electron chi connectivity index (χ2n) is 6.84. The zero-order valence-electron chi connectivity index (χ0n) is 13.5. The first-order valence-corrected chi connectivity index (χ1v) is 8.36. The van der Waals surface area contributed by atoms with Gasteiger partial charge in [-0.25, -0.2) is 4.79 Å². The molecule has 130 valence electrons. The topological polar surface area (TPSA) is 73.5 Å². The van der Waals surface area contributed by atoms with Gasteiger partial charge in [0.05, 0.1) is 0 Å². The van der Waals surface area contributed by atoms with Crippen molar-refractivity contribution in [2.24, 2.45) is 11.8 Å². The fourth-order valence-corrected chi connectivity index (χ4v) is 3.51. The summed E-state index contributed by atoms with van der Waals surface area (Å²) in [6.45, 7) is 3.68. The van der Waals surface area contributed by atoms with E-state index in [0.29, 0.717) is 29.1 Å². The van der Waals surface area contributed by atoms with Crippen LogP contribution in [0.15, 0.2) is 24.3 Å². The highest BCUT2D eigenvalue weighted by Gasteiger charge is 2.38. The number of urea groups is 1. The lowest BCUT2D eigenvalue weighted by molar-refractivity contribution is 0.0781. The van der Waals surface area contributed by atoms with Gasteiger partial charge in [0.15, 0.2) is 0 Å². The fourth-order valence-electron chi connectivity index (χ4n) is 3.51. The van der Waals surface area contributed by atoms with E-state index in [9.17, 15) is 9.59 Å². The zero-order valence-corrected chi connectivity index (χ0v) is 14.3. The Balaban J connectivity index is 0.00000169. The number of carbonyl (C=O) groups excluding carboxylic acids is 2. The van der Waals surface area contributed by atoms with Gasteiger partial charge in [-0.15, -0.1) is 12.4 Å². The Labute approximate surface area is 147 Å². The fraction of sp³-hybridized carbons (Fsp3) is 0.529. The number of hydrogen-bond donors (Lipinski definition) is 3. The van der Waals surface area contributed by atoms with Crippen molar-refractivity contribution in [1.82, 2.24) is 15.5 Å². The Morgan fingerprint density at radius 2 is 1.83 bits per heavy atom. The normalized spacial score (nSPS) is 24.9. The van der Waals surface area contributed by atoms with Crippen molar-refractivity contribution in [3.05, 3.63) is 29.8 Å². The molecule has 1 aromatic rings. The monoisotopic (exact) mass is 350 g/mol. The highest BCUT2D eigenvalue weighted by Crippen LogP contribution is 2.27. The van der Waals surface area contributed by atoms with Crippen LogP contribution in [0, 0.1) is 11.8 Å². The first kappa shape index (κ1) is 17.0. The van der Waals surface area contributed by atoms with Crippen molar-refractivity contribution in [1.29, 1.82) is 0 Å². The number of halogens is 1. The minimum Gasteiger partial charge on any atom is -0.338 e.